The number of rotatable bonds is 9. The molecule has 13 nitrogen and oxygen atoms in total. The van der Waals surface area contributed by atoms with Gasteiger partial charge in [0.2, 0.25) is 11.6 Å². The van der Waals surface area contributed by atoms with Gasteiger partial charge < -0.3 is 31.2 Å². The van der Waals surface area contributed by atoms with Gasteiger partial charge in [-0.3, -0.25) is 19.0 Å². The minimum atomic E-state index is -1.27. The van der Waals surface area contributed by atoms with Crippen LogP contribution in [-0.2, 0) is 19.1 Å². The Balaban J connectivity index is 0.000000757. The van der Waals surface area contributed by atoms with E-state index in [-0.39, 0.29) is 24.2 Å². The minimum Gasteiger partial charge on any atom is -0.501 e. The number of nitrogens with two attached hydrogens (primary N) is 1. The molecule has 6 N–H and O–H groups in total. The van der Waals surface area contributed by atoms with Crippen molar-refractivity contribution in [2.24, 2.45) is 12.8 Å². The third-order valence-electron chi connectivity index (χ3n) is 5.12. The van der Waals surface area contributed by atoms with Crippen molar-refractivity contribution < 1.29 is 23.5 Å². The van der Waals surface area contributed by atoms with Gasteiger partial charge in [0.05, 0.1) is 5.54 Å². The molecule has 2 amide bonds. The van der Waals surface area contributed by atoms with E-state index in [4.69, 9.17) is 10.2 Å². The van der Waals surface area contributed by atoms with Gasteiger partial charge in [-0.1, -0.05) is 19.1 Å². The zero-order valence-corrected chi connectivity index (χ0v) is 22.0. The summed E-state index contributed by atoms with van der Waals surface area (Å²) in [5.74, 6) is -2.88. The number of halogens is 1. The molecule has 0 atom stereocenters. The van der Waals surface area contributed by atoms with Crippen molar-refractivity contribution in [2.45, 2.75) is 46.2 Å². The molecule has 3 rings (SSSR count). The van der Waals surface area contributed by atoms with Gasteiger partial charge in [-0.2, -0.15) is 0 Å². The van der Waals surface area contributed by atoms with Crippen LogP contribution in [0.25, 0.3) is 0 Å². The lowest BCUT2D eigenvalue weighted by Crippen LogP contribution is -2.46. The highest BCUT2D eigenvalue weighted by atomic mass is 19.1. The number of aromatic nitrogens is 4. The zero-order chi connectivity index (χ0) is 28.5. The zero-order valence-electron chi connectivity index (χ0n) is 22.0. The summed E-state index contributed by atoms with van der Waals surface area (Å²) in [5.41, 5.74) is 3.05. The van der Waals surface area contributed by atoms with Crippen LogP contribution in [0.15, 0.2) is 33.5 Å². The third-order valence-corrected chi connectivity index (χ3v) is 5.12. The van der Waals surface area contributed by atoms with Crippen LogP contribution >= 0.6 is 0 Å². The highest BCUT2D eigenvalue weighted by Crippen LogP contribution is 2.20. The van der Waals surface area contributed by atoms with Crippen LogP contribution in [0.1, 0.15) is 65.6 Å². The molecule has 0 fully saturated rings. The van der Waals surface area contributed by atoms with E-state index in [0.29, 0.717) is 12.2 Å². The van der Waals surface area contributed by atoms with Crippen LogP contribution < -0.4 is 27.2 Å². The van der Waals surface area contributed by atoms with E-state index in [1.54, 1.807) is 13.8 Å². The van der Waals surface area contributed by atoms with Crippen molar-refractivity contribution in [1.29, 1.82) is 0 Å². The molecule has 206 valence electrons. The van der Waals surface area contributed by atoms with Gasteiger partial charge in [0.1, 0.15) is 11.6 Å². The number of aryl methyl sites for hydroxylation is 1. The van der Waals surface area contributed by atoms with Gasteiger partial charge in [0.15, 0.2) is 5.69 Å². The molecule has 2 aromatic heterocycles. The van der Waals surface area contributed by atoms with Crippen molar-refractivity contribution in [3.8, 4) is 5.75 Å². The summed E-state index contributed by atoms with van der Waals surface area (Å²) in [4.78, 5) is 41.7. The lowest BCUT2D eigenvalue weighted by molar-refractivity contribution is 0.0869. The van der Waals surface area contributed by atoms with Crippen molar-refractivity contribution in [1.82, 2.24) is 35.7 Å². The molecule has 0 unspecified atom stereocenters. The number of aromatic hydroxyl groups is 1. The number of carbonyl (C=O) groups is 2. The molecule has 0 bridgehead atoms. The maximum absolute atomic E-state index is 13.0. The number of nitrogens with zero attached hydrogens (tertiary/aromatic N) is 4. The largest absolute Gasteiger partial charge is 0.501 e. The summed E-state index contributed by atoms with van der Waals surface area (Å²) < 4.78 is 19.1. The molecule has 14 heteroatoms. The van der Waals surface area contributed by atoms with Gasteiger partial charge >= 0.3 is 11.8 Å². The maximum Gasteiger partial charge on any atom is 0.309 e. The fourth-order valence-corrected chi connectivity index (χ4v) is 3.24. The Bertz CT molecular complexity index is 1300. The van der Waals surface area contributed by atoms with Crippen LogP contribution in [0.5, 0.6) is 5.75 Å². The van der Waals surface area contributed by atoms with Crippen LogP contribution in [0.4, 0.5) is 4.39 Å². The average Bonchev–Trinajstić information content (AvgIpc) is 3.32. The van der Waals surface area contributed by atoms with Crippen molar-refractivity contribution in [3.05, 3.63) is 69.3 Å². The normalized spacial score (nSPS) is 10.9. The van der Waals surface area contributed by atoms with E-state index in [2.05, 4.69) is 38.1 Å². The Labute approximate surface area is 218 Å². The average molecular weight is 533 g/mol. The lowest BCUT2D eigenvalue weighted by Gasteiger charge is -2.27. The van der Waals surface area contributed by atoms with Crippen LogP contribution in [0, 0.1) is 12.7 Å². The SMILES string of the molecule is CCCNCN.Cc1nnc(C(=O)NC(C)(C)c2nc(C(=O)NCc3ccc(F)cc3)c(O)c(=O)n2C)o1. The third kappa shape index (κ3) is 7.91. The van der Waals surface area contributed by atoms with E-state index in [9.17, 15) is 23.9 Å². The topological polar surface area (TPSA) is 190 Å². The summed E-state index contributed by atoms with van der Waals surface area (Å²) in [7, 11) is 1.34. The molecule has 38 heavy (non-hydrogen) atoms. The predicted molar refractivity (Wildman–Crippen MR) is 136 cm³/mol. The summed E-state index contributed by atoms with van der Waals surface area (Å²) >= 11 is 0. The molecule has 3 aromatic rings. The molecule has 0 saturated carbocycles. The molecule has 0 spiro atoms. The molecule has 0 saturated heterocycles. The molecule has 0 aliphatic carbocycles. The summed E-state index contributed by atoms with van der Waals surface area (Å²) in [6.07, 6.45) is 1.16. The Morgan fingerprint density at radius 2 is 1.84 bits per heavy atom. The predicted octanol–water partition coefficient (Wildman–Crippen LogP) is 0.814. The highest BCUT2D eigenvalue weighted by molar-refractivity contribution is 5.94. The first-order chi connectivity index (χ1) is 17.9. The molecule has 0 radical (unpaired) electrons. The Morgan fingerprint density at radius 1 is 1.18 bits per heavy atom. The lowest BCUT2D eigenvalue weighted by atomic mass is 10.0. The molecular formula is C24H33FN8O5. The fourth-order valence-electron chi connectivity index (χ4n) is 3.24. The second-order valence-corrected chi connectivity index (χ2v) is 8.72. The number of hydrogen-bond acceptors (Lipinski definition) is 10. The second-order valence-electron chi connectivity index (χ2n) is 8.72. The van der Waals surface area contributed by atoms with Gasteiger partial charge in [-0.15, -0.1) is 10.2 Å². The van der Waals surface area contributed by atoms with Gasteiger partial charge in [0, 0.05) is 27.2 Å². The van der Waals surface area contributed by atoms with Gasteiger partial charge in [-0.25, -0.2) is 9.37 Å². The van der Waals surface area contributed by atoms with Crippen LogP contribution in [0.3, 0.4) is 0 Å². The van der Waals surface area contributed by atoms with Crippen LogP contribution in [0.2, 0.25) is 0 Å². The Kier molecular flexibility index (Phi) is 10.6. The first-order valence-electron chi connectivity index (χ1n) is 11.8. The number of nitrogens with one attached hydrogen (secondary N) is 3. The van der Waals surface area contributed by atoms with E-state index < -0.39 is 40.2 Å². The Morgan fingerprint density at radius 3 is 2.37 bits per heavy atom. The molecule has 0 aliphatic heterocycles. The quantitative estimate of drug-likeness (QED) is 0.195. The van der Waals surface area contributed by atoms with Crippen molar-refractivity contribution in [3.63, 3.8) is 0 Å². The number of benzene rings is 1. The summed E-state index contributed by atoms with van der Waals surface area (Å²) in [5, 5.41) is 25.5. The van der Waals surface area contributed by atoms with Crippen molar-refractivity contribution >= 4 is 11.8 Å². The van der Waals surface area contributed by atoms with Gasteiger partial charge in [-0.05, 0) is 44.5 Å². The monoisotopic (exact) mass is 532 g/mol. The second kappa shape index (κ2) is 13.4. The van der Waals surface area contributed by atoms with E-state index in [1.807, 2.05) is 0 Å². The minimum absolute atomic E-state index is 0.00294. The maximum atomic E-state index is 13.0. The molecule has 0 aliphatic rings. The Hall–Kier alpha value is -4.17. The highest BCUT2D eigenvalue weighted by Gasteiger charge is 2.32. The first kappa shape index (κ1) is 30.1. The smallest absolute Gasteiger partial charge is 0.309 e. The standard InChI is InChI=1S/C20H21FN6O5.C4H12N2/c1-10-25-26-17(32-10)16(30)24-20(2,3)19-23-13(14(28)18(31)27(19)4)15(29)22-9-11-5-7-12(21)8-6-11;1-2-3-6-4-5/h5-8,28H,9H2,1-4H3,(H,22,29)(H,24,30);6H,2-5H2,1H3. The molecular weight excluding hydrogens is 499 g/mol. The number of hydrogen-bond donors (Lipinski definition) is 5. The number of amides is 2. The fraction of sp³-hybridized carbons (Fsp3) is 0.417. The van der Waals surface area contributed by atoms with Crippen molar-refractivity contribution in [2.75, 3.05) is 13.2 Å². The van der Waals surface area contributed by atoms with Gasteiger partial charge in [0.25, 0.3) is 11.5 Å². The summed E-state index contributed by atoms with van der Waals surface area (Å²) in [6.45, 7) is 8.39. The molecule has 1 aromatic carbocycles. The van der Waals surface area contributed by atoms with Crippen LogP contribution in [-0.4, -0.2) is 49.9 Å². The van der Waals surface area contributed by atoms with E-state index in [1.165, 1.54) is 38.2 Å². The van der Waals surface area contributed by atoms with E-state index >= 15 is 0 Å². The van der Waals surface area contributed by atoms with E-state index in [0.717, 1.165) is 17.5 Å². The molecule has 2 heterocycles. The number of carbonyl (C=O) groups excluding carboxylic acids is 2. The summed E-state index contributed by atoms with van der Waals surface area (Å²) in [6, 6.07) is 5.44. The first-order valence-corrected chi connectivity index (χ1v) is 11.8.